The molecule has 0 aromatic heterocycles. The highest BCUT2D eigenvalue weighted by atomic mass is 127. The fraction of sp³-hybridized carbons (Fsp3) is 0.222. The molecule has 2 nitrogen and oxygen atoms in total. The number of ketones is 1. The lowest BCUT2D eigenvalue weighted by Crippen LogP contribution is -2.30. The van der Waals surface area contributed by atoms with Crippen molar-refractivity contribution in [2.75, 3.05) is 11.9 Å². The first-order valence-corrected chi connectivity index (χ1v) is 5.90. The van der Waals surface area contributed by atoms with Gasteiger partial charge in [-0.15, -0.1) is 0 Å². The summed E-state index contributed by atoms with van der Waals surface area (Å²) >= 11 is 5.53. The standard InChI is InChI=1S/C9H7BrINO/c10-5-4-12-7-3-1-2-6(11)8(7)9(5)13/h1-3,5,12H,4H2. The zero-order chi connectivity index (χ0) is 9.42. The first-order valence-electron chi connectivity index (χ1n) is 3.91. The monoisotopic (exact) mass is 351 g/mol. The smallest absolute Gasteiger partial charge is 0.181 e. The van der Waals surface area contributed by atoms with E-state index in [1.807, 2.05) is 18.2 Å². The van der Waals surface area contributed by atoms with E-state index in [1.54, 1.807) is 0 Å². The number of anilines is 1. The van der Waals surface area contributed by atoms with Crippen LogP contribution in [0.25, 0.3) is 0 Å². The Morgan fingerprint density at radius 3 is 3.08 bits per heavy atom. The lowest BCUT2D eigenvalue weighted by atomic mass is 10.0. The van der Waals surface area contributed by atoms with Crippen molar-refractivity contribution in [1.82, 2.24) is 0 Å². The van der Waals surface area contributed by atoms with Gasteiger partial charge in [0.05, 0.1) is 10.4 Å². The van der Waals surface area contributed by atoms with Crippen LogP contribution in [0.2, 0.25) is 0 Å². The lowest BCUT2D eigenvalue weighted by molar-refractivity contribution is 0.0991. The van der Waals surface area contributed by atoms with E-state index in [1.165, 1.54) is 0 Å². The molecule has 1 heterocycles. The third-order valence-electron chi connectivity index (χ3n) is 2.02. The van der Waals surface area contributed by atoms with Crippen LogP contribution in [0.1, 0.15) is 10.4 Å². The molecule has 1 unspecified atom stereocenters. The minimum Gasteiger partial charge on any atom is -0.383 e. The molecular formula is C9H7BrINO. The topological polar surface area (TPSA) is 29.1 Å². The summed E-state index contributed by atoms with van der Waals surface area (Å²) in [6.45, 7) is 0.673. The number of rotatable bonds is 0. The number of hydrogen-bond acceptors (Lipinski definition) is 2. The molecule has 1 aromatic rings. The summed E-state index contributed by atoms with van der Waals surface area (Å²) in [5.41, 5.74) is 1.77. The normalized spacial score (nSPS) is 20.8. The zero-order valence-corrected chi connectivity index (χ0v) is 10.4. The fourth-order valence-corrected chi connectivity index (χ4v) is 2.53. The van der Waals surface area contributed by atoms with Crippen LogP contribution < -0.4 is 5.32 Å². The SMILES string of the molecule is O=C1c2c(I)cccc2NCC1Br. The van der Waals surface area contributed by atoms with Crippen LogP contribution in [0.15, 0.2) is 18.2 Å². The number of nitrogens with one attached hydrogen (secondary N) is 1. The van der Waals surface area contributed by atoms with Gasteiger partial charge in [0, 0.05) is 15.8 Å². The largest absolute Gasteiger partial charge is 0.383 e. The molecule has 1 aromatic carbocycles. The average Bonchev–Trinajstić information content (AvgIpc) is 2.12. The maximum Gasteiger partial charge on any atom is 0.181 e. The van der Waals surface area contributed by atoms with Crippen molar-refractivity contribution in [1.29, 1.82) is 0 Å². The Morgan fingerprint density at radius 2 is 2.31 bits per heavy atom. The first kappa shape index (κ1) is 9.45. The lowest BCUT2D eigenvalue weighted by Gasteiger charge is -2.21. The van der Waals surface area contributed by atoms with Crippen LogP contribution in [0, 0.1) is 3.57 Å². The molecule has 0 aliphatic carbocycles. The molecule has 1 N–H and O–H groups in total. The predicted molar refractivity (Wildman–Crippen MR) is 64.7 cm³/mol. The summed E-state index contributed by atoms with van der Waals surface area (Å²) < 4.78 is 1.01. The Labute approximate surface area is 98.4 Å². The molecule has 0 fully saturated rings. The molecule has 0 saturated carbocycles. The molecule has 1 atom stereocenters. The number of Topliss-reactive ketones (excluding diaryl/α,β-unsaturated/α-hetero) is 1. The molecule has 2 rings (SSSR count). The van der Waals surface area contributed by atoms with Crippen LogP contribution >= 0.6 is 38.5 Å². The second-order valence-corrected chi connectivity index (χ2v) is 5.14. The summed E-state index contributed by atoms with van der Waals surface area (Å²) in [4.78, 5) is 11.7. The quantitative estimate of drug-likeness (QED) is 0.575. The molecule has 0 saturated heterocycles. The Bertz CT molecular complexity index is 367. The minimum absolute atomic E-state index is 0.0871. The molecular weight excluding hydrogens is 345 g/mol. The molecule has 0 radical (unpaired) electrons. The number of halogens is 2. The molecule has 0 spiro atoms. The predicted octanol–water partition coefficient (Wildman–Crippen LogP) is 2.66. The van der Waals surface area contributed by atoms with Crippen molar-refractivity contribution in [3.8, 4) is 0 Å². The third-order valence-corrected chi connectivity index (χ3v) is 3.65. The van der Waals surface area contributed by atoms with Gasteiger partial charge in [0.1, 0.15) is 0 Å². The van der Waals surface area contributed by atoms with Crippen molar-refractivity contribution in [2.45, 2.75) is 4.83 Å². The highest BCUT2D eigenvalue weighted by molar-refractivity contribution is 14.1. The minimum atomic E-state index is -0.0871. The average molecular weight is 352 g/mol. The van der Waals surface area contributed by atoms with Gasteiger partial charge in [0.2, 0.25) is 0 Å². The number of fused-ring (bicyclic) bond motifs is 1. The van der Waals surface area contributed by atoms with Crippen LogP contribution in [-0.2, 0) is 0 Å². The number of benzene rings is 1. The van der Waals surface area contributed by atoms with E-state index in [2.05, 4.69) is 43.8 Å². The van der Waals surface area contributed by atoms with Crippen molar-refractivity contribution < 1.29 is 4.79 Å². The number of hydrogen-bond donors (Lipinski definition) is 1. The Hall–Kier alpha value is -0.100. The molecule has 4 heteroatoms. The Kier molecular flexibility index (Phi) is 2.60. The van der Waals surface area contributed by atoms with E-state index in [0.29, 0.717) is 6.54 Å². The summed E-state index contributed by atoms with van der Waals surface area (Å²) in [6, 6.07) is 5.84. The Balaban J connectivity index is 2.57. The van der Waals surface area contributed by atoms with Crippen LogP contribution in [0.4, 0.5) is 5.69 Å². The van der Waals surface area contributed by atoms with Gasteiger partial charge in [0.25, 0.3) is 0 Å². The van der Waals surface area contributed by atoms with Gasteiger partial charge in [-0.3, -0.25) is 4.79 Å². The number of carbonyl (C=O) groups excluding carboxylic acids is 1. The summed E-state index contributed by atoms with van der Waals surface area (Å²) in [7, 11) is 0. The van der Waals surface area contributed by atoms with Gasteiger partial charge in [-0.25, -0.2) is 0 Å². The van der Waals surface area contributed by atoms with Gasteiger partial charge in [-0.05, 0) is 34.7 Å². The highest BCUT2D eigenvalue weighted by Crippen LogP contribution is 2.28. The molecule has 13 heavy (non-hydrogen) atoms. The fourth-order valence-electron chi connectivity index (χ4n) is 1.37. The van der Waals surface area contributed by atoms with Crippen molar-refractivity contribution in [3.63, 3.8) is 0 Å². The summed E-state index contributed by atoms with van der Waals surface area (Å²) in [5.74, 6) is 0.179. The van der Waals surface area contributed by atoms with Gasteiger partial charge in [0.15, 0.2) is 5.78 Å². The van der Waals surface area contributed by atoms with Crippen molar-refractivity contribution in [2.24, 2.45) is 0 Å². The van der Waals surface area contributed by atoms with Crippen LogP contribution in [0.3, 0.4) is 0 Å². The van der Waals surface area contributed by atoms with Gasteiger partial charge < -0.3 is 5.32 Å². The second kappa shape index (κ2) is 3.57. The van der Waals surface area contributed by atoms with Gasteiger partial charge >= 0.3 is 0 Å². The molecule has 0 bridgehead atoms. The Morgan fingerprint density at radius 1 is 1.54 bits per heavy atom. The summed E-state index contributed by atoms with van der Waals surface area (Å²) in [5, 5.41) is 3.21. The van der Waals surface area contributed by atoms with E-state index in [4.69, 9.17) is 0 Å². The first-order chi connectivity index (χ1) is 6.20. The molecule has 68 valence electrons. The van der Waals surface area contributed by atoms with E-state index < -0.39 is 0 Å². The van der Waals surface area contributed by atoms with Crippen LogP contribution in [-0.4, -0.2) is 17.2 Å². The van der Waals surface area contributed by atoms with Gasteiger partial charge in [-0.2, -0.15) is 0 Å². The number of carbonyl (C=O) groups is 1. The van der Waals surface area contributed by atoms with E-state index >= 15 is 0 Å². The van der Waals surface area contributed by atoms with Crippen molar-refractivity contribution in [3.05, 3.63) is 27.3 Å². The maximum atomic E-state index is 11.7. The molecule has 1 aliphatic heterocycles. The van der Waals surface area contributed by atoms with Crippen molar-refractivity contribution >= 4 is 50.0 Å². The van der Waals surface area contributed by atoms with E-state index in [-0.39, 0.29) is 10.6 Å². The van der Waals surface area contributed by atoms with E-state index in [9.17, 15) is 4.79 Å². The third kappa shape index (κ3) is 1.61. The van der Waals surface area contributed by atoms with Gasteiger partial charge in [-0.1, -0.05) is 22.0 Å². The second-order valence-electron chi connectivity index (χ2n) is 2.88. The molecule has 1 aliphatic rings. The van der Waals surface area contributed by atoms with Crippen LogP contribution in [0.5, 0.6) is 0 Å². The zero-order valence-electron chi connectivity index (χ0n) is 6.68. The molecule has 0 amide bonds. The summed E-state index contributed by atoms with van der Waals surface area (Å²) in [6.07, 6.45) is 0. The maximum absolute atomic E-state index is 11.7. The van der Waals surface area contributed by atoms with E-state index in [0.717, 1.165) is 14.8 Å². The highest BCUT2D eigenvalue weighted by Gasteiger charge is 2.26. The number of alkyl halides is 1.